The molecule has 0 aliphatic heterocycles. The van der Waals surface area contributed by atoms with E-state index in [9.17, 15) is 14.4 Å². The van der Waals surface area contributed by atoms with Gasteiger partial charge in [-0.25, -0.2) is 4.79 Å². The van der Waals surface area contributed by atoms with Crippen molar-refractivity contribution < 1.29 is 23.9 Å². The first kappa shape index (κ1) is 22.9. The monoisotopic (exact) mass is 412 g/mol. The van der Waals surface area contributed by atoms with Crippen molar-refractivity contribution in [1.29, 1.82) is 0 Å². The van der Waals surface area contributed by atoms with E-state index in [4.69, 9.17) is 9.47 Å². The van der Waals surface area contributed by atoms with Crippen LogP contribution in [0.5, 0.6) is 0 Å². The van der Waals surface area contributed by atoms with Gasteiger partial charge in [-0.3, -0.25) is 9.59 Å². The molecule has 2 amide bonds. The van der Waals surface area contributed by atoms with Gasteiger partial charge in [0.25, 0.3) is 0 Å². The zero-order chi connectivity index (χ0) is 22.0. The van der Waals surface area contributed by atoms with Gasteiger partial charge in [-0.05, 0) is 44.4 Å². The van der Waals surface area contributed by atoms with Crippen molar-refractivity contribution in [3.05, 3.63) is 65.7 Å². The van der Waals surface area contributed by atoms with Gasteiger partial charge in [-0.1, -0.05) is 48.5 Å². The Kier molecular flexibility index (Phi) is 8.41. The van der Waals surface area contributed by atoms with Gasteiger partial charge < -0.3 is 20.1 Å². The van der Waals surface area contributed by atoms with Crippen molar-refractivity contribution >= 4 is 23.7 Å². The average molecular weight is 412 g/mol. The highest BCUT2D eigenvalue weighted by atomic mass is 16.6. The number of rotatable bonds is 8. The average Bonchev–Trinajstić information content (AvgIpc) is 2.69. The number of esters is 1. The van der Waals surface area contributed by atoms with Gasteiger partial charge >= 0.3 is 12.1 Å². The highest BCUT2D eigenvalue weighted by Crippen LogP contribution is 2.18. The lowest BCUT2D eigenvalue weighted by Gasteiger charge is -2.19. The first-order valence-corrected chi connectivity index (χ1v) is 9.77. The van der Waals surface area contributed by atoms with Crippen molar-refractivity contribution in [3.8, 4) is 0 Å². The van der Waals surface area contributed by atoms with E-state index in [1.807, 2.05) is 63.2 Å². The van der Waals surface area contributed by atoms with E-state index >= 15 is 0 Å². The van der Waals surface area contributed by atoms with E-state index in [0.717, 1.165) is 11.1 Å². The van der Waals surface area contributed by atoms with E-state index in [-0.39, 0.29) is 25.5 Å². The zero-order valence-corrected chi connectivity index (χ0v) is 17.6. The van der Waals surface area contributed by atoms with E-state index in [2.05, 4.69) is 10.6 Å². The molecule has 0 saturated heterocycles. The van der Waals surface area contributed by atoms with Crippen LogP contribution in [0.4, 0.5) is 10.5 Å². The third kappa shape index (κ3) is 8.77. The standard InChI is InChI=1S/C23H28N2O5/c1-23(2,3)30-21(27)14-13-18-11-7-8-12-19(18)25-20(26)15-24-22(28)29-16-17-9-5-4-6-10-17/h4-12H,13-16H2,1-3H3,(H,24,28)(H,25,26). The summed E-state index contributed by atoms with van der Waals surface area (Å²) < 4.78 is 10.4. The first-order valence-electron chi connectivity index (χ1n) is 9.77. The molecule has 160 valence electrons. The van der Waals surface area contributed by atoms with E-state index in [1.54, 1.807) is 12.1 Å². The number of benzene rings is 2. The lowest BCUT2D eigenvalue weighted by Crippen LogP contribution is -2.33. The number of anilines is 1. The third-order valence-electron chi connectivity index (χ3n) is 3.92. The number of amides is 2. The molecule has 30 heavy (non-hydrogen) atoms. The van der Waals surface area contributed by atoms with Crippen LogP contribution >= 0.6 is 0 Å². The van der Waals surface area contributed by atoms with Gasteiger partial charge in [-0.2, -0.15) is 0 Å². The van der Waals surface area contributed by atoms with Crippen LogP contribution in [-0.2, 0) is 32.1 Å². The summed E-state index contributed by atoms with van der Waals surface area (Å²) in [7, 11) is 0. The van der Waals surface area contributed by atoms with Gasteiger partial charge in [0.1, 0.15) is 18.8 Å². The number of hydrogen-bond donors (Lipinski definition) is 2. The number of nitrogens with one attached hydrogen (secondary N) is 2. The van der Waals surface area contributed by atoms with Crippen LogP contribution in [-0.4, -0.2) is 30.1 Å². The Morgan fingerprint density at radius 3 is 2.30 bits per heavy atom. The topological polar surface area (TPSA) is 93.7 Å². The summed E-state index contributed by atoms with van der Waals surface area (Å²) in [6, 6.07) is 16.5. The Hall–Kier alpha value is -3.35. The Labute approximate surface area is 176 Å². The second-order valence-corrected chi connectivity index (χ2v) is 7.71. The molecule has 0 aromatic heterocycles. The molecule has 0 radical (unpaired) electrons. The number of ether oxygens (including phenoxy) is 2. The number of carbonyl (C=O) groups is 3. The molecule has 2 aromatic rings. The summed E-state index contributed by atoms with van der Waals surface area (Å²) in [5, 5.41) is 5.17. The molecule has 0 heterocycles. The number of carbonyl (C=O) groups excluding carboxylic acids is 3. The highest BCUT2D eigenvalue weighted by Gasteiger charge is 2.17. The maximum atomic E-state index is 12.2. The molecule has 7 nitrogen and oxygen atoms in total. The molecule has 0 unspecified atom stereocenters. The largest absolute Gasteiger partial charge is 0.460 e. The molecule has 0 bridgehead atoms. The Balaban J connectivity index is 1.79. The summed E-state index contributed by atoms with van der Waals surface area (Å²) in [6.45, 7) is 5.35. The van der Waals surface area contributed by atoms with Crippen LogP contribution < -0.4 is 10.6 Å². The second kappa shape index (κ2) is 11.0. The fraction of sp³-hybridized carbons (Fsp3) is 0.348. The van der Waals surface area contributed by atoms with Crippen LogP contribution in [0.1, 0.15) is 38.3 Å². The van der Waals surface area contributed by atoms with E-state index in [0.29, 0.717) is 12.1 Å². The van der Waals surface area contributed by atoms with Gasteiger partial charge in [0, 0.05) is 12.1 Å². The van der Waals surface area contributed by atoms with Gasteiger partial charge in [0.15, 0.2) is 0 Å². The number of aryl methyl sites for hydroxylation is 1. The van der Waals surface area contributed by atoms with Crippen molar-refractivity contribution in [3.63, 3.8) is 0 Å². The van der Waals surface area contributed by atoms with Crippen molar-refractivity contribution in [2.24, 2.45) is 0 Å². The molecule has 0 atom stereocenters. The van der Waals surface area contributed by atoms with Crippen molar-refractivity contribution in [1.82, 2.24) is 5.32 Å². The van der Waals surface area contributed by atoms with Crippen LogP contribution in [0.3, 0.4) is 0 Å². The normalized spacial score (nSPS) is 10.8. The smallest absolute Gasteiger partial charge is 0.407 e. The maximum absolute atomic E-state index is 12.2. The van der Waals surface area contributed by atoms with Crippen molar-refractivity contribution in [2.75, 3.05) is 11.9 Å². The molecule has 0 saturated carbocycles. The predicted octanol–water partition coefficient (Wildman–Crippen LogP) is 3.83. The Morgan fingerprint density at radius 1 is 0.933 bits per heavy atom. The van der Waals surface area contributed by atoms with Crippen LogP contribution in [0, 0.1) is 0 Å². The number of alkyl carbamates (subject to hydrolysis) is 1. The number of para-hydroxylation sites is 1. The molecule has 0 aliphatic carbocycles. The minimum absolute atomic E-state index is 0.127. The summed E-state index contributed by atoms with van der Waals surface area (Å²) in [4.78, 5) is 35.9. The predicted molar refractivity (Wildman–Crippen MR) is 114 cm³/mol. The van der Waals surface area contributed by atoms with Crippen molar-refractivity contribution in [2.45, 2.75) is 45.8 Å². The molecule has 2 N–H and O–H groups in total. The number of hydrogen-bond acceptors (Lipinski definition) is 5. The van der Waals surface area contributed by atoms with E-state index in [1.165, 1.54) is 0 Å². The van der Waals surface area contributed by atoms with Gasteiger partial charge in [-0.15, -0.1) is 0 Å². The first-order chi connectivity index (χ1) is 14.2. The van der Waals surface area contributed by atoms with Gasteiger partial charge in [0.05, 0.1) is 0 Å². The van der Waals surface area contributed by atoms with Crippen LogP contribution in [0.25, 0.3) is 0 Å². The Morgan fingerprint density at radius 2 is 1.60 bits per heavy atom. The SMILES string of the molecule is CC(C)(C)OC(=O)CCc1ccccc1NC(=O)CNC(=O)OCc1ccccc1. The molecule has 0 aliphatic rings. The molecular weight excluding hydrogens is 384 g/mol. The minimum atomic E-state index is -0.674. The van der Waals surface area contributed by atoms with Gasteiger partial charge in [0.2, 0.25) is 5.91 Å². The zero-order valence-electron chi connectivity index (χ0n) is 17.6. The minimum Gasteiger partial charge on any atom is -0.460 e. The fourth-order valence-corrected chi connectivity index (χ4v) is 2.61. The second-order valence-electron chi connectivity index (χ2n) is 7.71. The molecule has 2 aromatic carbocycles. The summed E-state index contributed by atoms with van der Waals surface area (Å²) in [5.41, 5.74) is 1.72. The third-order valence-corrected chi connectivity index (χ3v) is 3.92. The van der Waals surface area contributed by atoms with E-state index < -0.39 is 17.6 Å². The quantitative estimate of drug-likeness (QED) is 0.643. The highest BCUT2D eigenvalue weighted by molar-refractivity contribution is 5.94. The molecule has 2 rings (SSSR count). The van der Waals surface area contributed by atoms with Crippen LogP contribution in [0.2, 0.25) is 0 Å². The maximum Gasteiger partial charge on any atom is 0.407 e. The Bertz CT molecular complexity index is 859. The summed E-state index contributed by atoms with van der Waals surface area (Å²) in [5.74, 6) is -0.692. The fourth-order valence-electron chi connectivity index (χ4n) is 2.61. The molecular formula is C23H28N2O5. The summed E-state index contributed by atoms with van der Waals surface area (Å²) in [6.07, 6.45) is -0.0428. The lowest BCUT2D eigenvalue weighted by atomic mass is 10.1. The lowest BCUT2D eigenvalue weighted by molar-refractivity contribution is -0.154. The summed E-state index contributed by atoms with van der Waals surface area (Å²) >= 11 is 0. The molecule has 0 fully saturated rings. The van der Waals surface area contributed by atoms with Crippen LogP contribution in [0.15, 0.2) is 54.6 Å². The molecule has 7 heteroatoms. The molecule has 0 spiro atoms.